The fraction of sp³-hybridized carbons (Fsp3) is 0.174. The summed E-state index contributed by atoms with van der Waals surface area (Å²) in [6.45, 7) is 0.479. The van der Waals surface area contributed by atoms with Crippen molar-refractivity contribution in [2.75, 3.05) is 13.1 Å². The second-order valence-corrected chi connectivity index (χ2v) is 8.05. The number of amides is 2. The number of hydrazone groups is 1. The molecule has 1 N–H and O–H groups in total. The van der Waals surface area contributed by atoms with Gasteiger partial charge in [0.25, 0.3) is 5.91 Å². The first-order chi connectivity index (χ1) is 15.0. The Morgan fingerprint density at radius 3 is 2.74 bits per heavy atom. The van der Waals surface area contributed by atoms with E-state index in [0.717, 1.165) is 5.56 Å². The van der Waals surface area contributed by atoms with E-state index in [1.54, 1.807) is 35.2 Å². The number of benzene rings is 2. The molecular formula is C23H19Cl2N3O3. The largest absolute Gasteiger partial charge is 0.455 e. The molecule has 0 unspecified atom stereocenters. The van der Waals surface area contributed by atoms with Crippen molar-refractivity contribution < 1.29 is 14.0 Å². The Morgan fingerprint density at radius 2 is 1.97 bits per heavy atom. The van der Waals surface area contributed by atoms with E-state index in [4.69, 9.17) is 27.6 Å². The van der Waals surface area contributed by atoms with Crippen LogP contribution in [0.5, 0.6) is 0 Å². The highest BCUT2D eigenvalue weighted by Crippen LogP contribution is 2.31. The number of nitrogens with zero attached hydrogens (tertiary/aromatic N) is 2. The number of carbonyl (C=O) groups is 2. The molecule has 2 amide bonds. The third-order valence-corrected chi connectivity index (χ3v) is 5.57. The first kappa shape index (κ1) is 21.2. The number of hydrogen-bond acceptors (Lipinski definition) is 4. The lowest BCUT2D eigenvalue weighted by Crippen LogP contribution is -2.36. The van der Waals surface area contributed by atoms with E-state index in [1.165, 1.54) is 6.21 Å². The van der Waals surface area contributed by atoms with Gasteiger partial charge in [-0.1, -0.05) is 53.5 Å². The van der Waals surface area contributed by atoms with E-state index in [9.17, 15) is 9.59 Å². The van der Waals surface area contributed by atoms with Gasteiger partial charge < -0.3 is 9.32 Å². The first-order valence-corrected chi connectivity index (χ1v) is 10.4. The molecule has 4 rings (SSSR count). The van der Waals surface area contributed by atoms with Crippen molar-refractivity contribution in [3.05, 3.63) is 82.0 Å². The molecule has 3 aromatic rings. The number of carbonyl (C=O) groups excluding carboxylic acids is 2. The number of halogens is 2. The minimum Gasteiger partial charge on any atom is -0.455 e. The van der Waals surface area contributed by atoms with E-state index in [0.29, 0.717) is 40.1 Å². The van der Waals surface area contributed by atoms with Crippen LogP contribution in [-0.2, 0) is 9.59 Å². The molecule has 1 aliphatic rings. The first-order valence-electron chi connectivity index (χ1n) is 9.69. The maximum atomic E-state index is 12.2. The average molecular weight is 456 g/mol. The standard InChI is InChI=1S/C23H19Cl2N3O3/c24-17-6-8-19(20(25)11-17)21-9-7-18(31-21)12-26-27-22(29)14-28-13-16(10-23(28)30)15-4-2-1-3-5-15/h1-9,11-12,16H,10,13-14H2,(H,27,29)/b26-12-/t16-/m0/s1. The molecule has 0 saturated carbocycles. The van der Waals surface area contributed by atoms with Crippen LogP contribution >= 0.6 is 23.2 Å². The Kier molecular flexibility index (Phi) is 6.39. The van der Waals surface area contributed by atoms with E-state index in [1.807, 2.05) is 30.3 Å². The zero-order valence-corrected chi connectivity index (χ0v) is 17.9. The van der Waals surface area contributed by atoms with Crippen molar-refractivity contribution in [3.8, 4) is 11.3 Å². The van der Waals surface area contributed by atoms with Crippen LogP contribution in [0.2, 0.25) is 10.0 Å². The summed E-state index contributed by atoms with van der Waals surface area (Å²) < 4.78 is 5.69. The molecule has 1 fully saturated rings. The molecule has 1 aromatic heterocycles. The number of hydrogen-bond donors (Lipinski definition) is 1. The van der Waals surface area contributed by atoms with Gasteiger partial charge in [-0.3, -0.25) is 9.59 Å². The third-order valence-electron chi connectivity index (χ3n) is 5.02. The van der Waals surface area contributed by atoms with Gasteiger partial charge in [0.1, 0.15) is 18.1 Å². The maximum absolute atomic E-state index is 12.2. The molecule has 1 saturated heterocycles. The second-order valence-electron chi connectivity index (χ2n) is 7.21. The number of rotatable bonds is 6. The minimum atomic E-state index is -0.370. The van der Waals surface area contributed by atoms with E-state index in [-0.39, 0.29) is 24.3 Å². The van der Waals surface area contributed by atoms with E-state index < -0.39 is 0 Å². The highest BCUT2D eigenvalue weighted by molar-refractivity contribution is 6.36. The monoisotopic (exact) mass is 455 g/mol. The SMILES string of the molecule is O=C(CN1C[C@@H](c2ccccc2)CC1=O)N/N=C\c1ccc(-c2ccc(Cl)cc2Cl)o1. The van der Waals surface area contributed by atoms with Gasteiger partial charge in [0.05, 0.1) is 11.2 Å². The van der Waals surface area contributed by atoms with Gasteiger partial charge >= 0.3 is 0 Å². The van der Waals surface area contributed by atoms with Crippen LogP contribution in [0.15, 0.2) is 70.2 Å². The maximum Gasteiger partial charge on any atom is 0.259 e. The lowest BCUT2D eigenvalue weighted by Gasteiger charge is -2.15. The minimum absolute atomic E-state index is 0.0384. The Hall–Kier alpha value is -3.09. The van der Waals surface area contributed by atoms with Gasteiger partial charge in [-0.15, -0.1) is 0 Å². The summed E-state index contributed by atoms with van der Waals surface area (Å²) in [5.74, 6) is 0.701. The van der Waals surface area contributed by atoms with Crippen molar-refractivity contribution in [1.29, 1.82) is 0 Å². The highest BCUT2D eigenvalue weighted by Gasteiger charge is 2.31. The number of nitrogens with one attached hydrogen (secondary N) is 1. The van der Waals surface area contributed by atoms with Crippen LogP contribution in [0.1, 0.15) is 23.7 Å². The summed E-state index contributed by atoms with van der Waals surface area (Å²) in [6.07, 6.45) is 1.80. The van der Waals surface area contributed by atoms with Crippen LogP contribution in [0.25, 0.3) is 11.3 Å². The van der Waals surface area contributed by atoms with E-state index in [2.05, 4.69) is 10.5 Å². The normalized spacial score (nSPS) is 16.3. The lowest BCUT2D eigenvalue weighted by atomic mass is 9.99. The Balaban J connectivity index is 1.31. The summed E-state index contributed by atoms with van der Waals surface area (Å²) >= 11 is 12.1. The fourth-order valence-corrected chi connectivity index (χ4v) is 4.01. The van der Waals surface area contributed by atoms with Crippen LogP contribution in [0.3, 0.4) is 0 Å². The molecule has 2 heterocycles. The third kappa shape index (κ3) is 5.16. The van der Waals surface area contributed by atoms with Crippen molar-refractivity contribution in [3.63, 3.8) is 0 Å². The zero-order valence-electron chi connectivity index (χ0n) is 16.4. The van der Waals surface area contributed by atoms with Crippen molar-refractivity contribution in [2.24, 2.45) is 5.10 Å². The lowest BCUT2D eigenvalue weighted by molar-refractivity contribution is -0.133. The van der Waals surface area contributed by atoms with Gasteiger partial charge in [0.2, 0.25) is 5.91 Å². The molecule has 31 heavy (non-hydrogen) atoms. The number of likely N-dealkylation sites (tertiary alicyclic amines) is 1. The highest BCUT2D eigenvalue weighted by atomic mass is 35.5. The second kappa shape index (κ2) is 9.37. The van der Waals surface area contributed by atoms with Gasteiger partial charge in [-0.05, 0) is 35.9 Å². The average Bonchev–Trinajstić information content (AvgIpc) is 3.36. The molecule has 0 bridgehead atoms. The van der Waals surface area contributed by atoms with Crippen LogP contribution < -0.4 is 5.43 Å². The molecule has 1 atom stereocenters. The predicted octanol–water partition coefficient (Wildman–Crippen LogP) is 4.72. The molecule has 2 aromatic carbocycles. The summed E-state index contributed by atoms with van der Waals surface area (Å²) in [5.41, 5.74) is 4.24. The zero-order chi connectivity index (χ0) is 21.8. The van der Waals surface area contributed by atoms with Crippen LogP contribution in [0.4, 0.5) is 0 Å². The Labute approximate surface area is 189 Å². The molecule has 8 heteroatoms. The molecule has 0 aliphatic carbocycles. The number of furan rings is 1. The van der Waals surface area contributed by atoms with Gasteiger partial charge in [0, 0.05) is 29.5 Å². The van der Waals surface area contributed by atoms with Gasteiger partial charge in [-0.2, -0.15) is 5.10 Å². The summed E-state index contributed by atoms with van der Waals surface area (Å²) in [4.78, 5) is 26.0. The van der Waals surface area contributed by atoms with Crippen LogP contribution in [0, 0.1) is 0 Å². The summed E-state index contributed by atoms with van der Waals surface area (Å²) in [5, 5.41) is 4.93. The fourth-order valence-electron chi connectivity index (χ4n) is 3.51. The molecule has 0 spiro atoms. The Morgan fingerprint density at radius 1 is 1.16 bits per heavy atom. The van der Waals surface area contributed by atoms with E-state index >= 15 is 0 Å². The molecule has 6 nitrogen and oxygen atoms in total. The molecular weight excluding hydrogens is 437 g/mol. The summed E-state index contributed by atoms with van der Waals surface area (Å²) in [6, 6.07) is 18.4. The van der Waals surface area contributed by atoms with Crippen molar-refractivity contribution >= 4 is 41.2 Å². The van der Waals surface area contributed by atoms with Gasteiger partial charge in [-0.25, -0.2) is 5.43 Å². The molecule has 0 radical (unpaired) electrons. The molecule has 1 aliphatic heterocycles. The molecule has 158 valence electrons. The topological polar surface area (TPSA) is 74.9 Å². The quantitative estimate of drug-likeness (QED) is 0.431. The smallest absolute Gasteiger partial charge is 0.259 e. The predicted molar refractivity (Wildman–Crippen MR) is 120 cm³/mol. The van der Waals surface area contributed by atoms with Gasteiger partial charge in [0.15, 0.2) is 0 Å². The Bertz CT molecular complexity index is 1130. The summed E-state index contributed by atoms with van der Waals surface area (Å²) in [7, 11) is 0. The van der Waals surface area contributed by atoms with Crippen molar-refractivity contribution in [1.82, 2.24) is 10.3 Å². The van der Waals surface area contributed by atoms with Crippen LogP contribution in [-0.4, -0.2) is 36.0 Å². The van der Waals surface area contributed by atoms with Crippen molar-refractivity contribution in [2.45, 2.75) is 12.3 Å².